The van der Waals surface area contributed by atoms with Crippen LogP contribution in [0.4, 0.5) is 5.69 Å². The molecule has 4 heteroatoms. The summed E-state index contributed by atoms with van der Waals surface area (Å²) in [5.74, 6) is -0.109. The highest BCUT2D eigenvalue weighted by molar-refractivity contribution is 5.93. The van der Waals surface area contributed by atoms with Crippen molar-refractivity contribution >= 4 is 11.6 Å². The number of amides is 1. The largest absolute Gasteiger partial charge is 0.472 e. The lowest BCUT2D eigenvalue weighted by Crippen LogP contribution is -2.40. The summed E-state index contributed by atoms with van der Waals surface area (Å²) < 4.78 is 4.89. The summed E-state index contributed by atoms with van der Waals surface area (Å²) in [4.78, 5) is 13.9. The van der Waals surface area contributed by atoms with Gasteiger partial charge in [0.15, 0.2) is 0 Å². The maximum absolute atomic E-state index is 11.8. The first-order valence-corrected chi connectivity index (χ1v) is 6.27. The van der Waals surface area contributed by atoms with Gasteiger partial charge in [0.25, 0.3) is 5.91 Å². The Kier molecular flexibility index (Phi) is 4.23. The molecule has 1 aromatic heterocycles. The summed E-state index contributed by atoms with van der Waals surface area (Å²) in [5.41, 5.74) is 1.68. The van der Waals surface area contributed by atoms with Crippen LogP contribution in [0, 0.1) is 0 Å². The fraction of sp³-hybridized carbons (Fsp3) is 0.267. The predicted octanol–water partition coefficient (Wildman–Crippen LogP) is 2.53. The van der Waals surface area contributed by atoms with Crippen LogP contribution in [0.5, 0.6) is 0 Å². The van der Waals surface area contributed by atoms with Crippen molar-refractivity contribution in [3.05, 3.63) is 54.5 Å². The number of para-hydroxylation sites is 1. The summed E-state index contributed by atoms with van der Waals surface area (Å²) in [6, 6.07) is 12.0. The molecular weight excluding hydrogens is 240 g/mol. The van der Waals surface area contributed by atoms with Crippen LogP contribution in [0.2, 0.25) is 0 Å². The van der Waals surface area contributed by atoms with Gasteiger partial charge in [-0.25, -0.2) is 0 Å². The number of rotatable bonds is 5. The second-order valence-electron chi connectivity index (χ2n) is 4.52. The summed E-state index contributed by atoms with van der Waals surface area (Å²) in [5, 5.41) is 2.89. The van der Waals surface area contributed by atoms with Crippen LogP contribution in [0.15, 0.2) is 53.3 Å². The minimum Gasteiger partial charge on any atom is -0.472 e. The Hall–Kier alpha value is -2.23. The Balaban J connectivity index is 1.88. The van der Waals surface area contributed by atoms with E-state index in [1.165, 1.54) is 12.5 Å². The monoisotopic (exact) mass is 258 g/mol. The van der Waals surface area contributed by atoms with E-state index in [-0.39, 0.29) is 11.9 Å². The van der Waals surface area contributed by atoms with Crippen molar-refractivity contribution in [1.82, 2.24) is 5.32 Å². The number of benzene rings is 1. The SMILES string of the molecule is CC(CNC(=O)c1ccoc1)N(C)c1ccccc1. The number of carbonyl (C=O) groups excluding carboxylic acids is 1. The molecule has 0 spiro atoms. The molecular formula is C15H18N2O2. The van der Waals surface area contributed by atoms with Crippen LogP contribution in [0.25, 0.3) is 0 Å². The van der Waals surface area contributed by atoms with Crippen molar-refractivity contribution in [1.29, 1.82) is 0 Å². The van der Waals surface area contributed by atoms with Gasteiger partial charge in [-0.15, -0.1) is 0 Å². The van der Waals surface area contributed by atoms with E-state index in [4.69, 9.17) is 4.42 Å². The molecule has 19 heavy (non-hydrogen) atoms. The van der Waals surface area contributed by atoms with Crippen molar-refractivity contribution in [3.63, 3.8) is 0 Å². The fourth-order valence-corrected chi connectivity index (χ4v) is 1.79. The minimum absolute atomic E-state index is 0.109. The van der Waals surface area contributed by atoms with Gasteiger partial charge in [-0.2, -0.15) is 0 Å². The highest BCUT2D eigenvalue weighted by Crippen LogP contribution is 2.13. The van der Waals surface area contributed by atoms with E-state index >= 15 is 0 Å². The normalized spacial score (nSPS) is 11.9. The smallest absolute Gasteiger partial charge is 0.254 e. The molecule has 0 aliphatic heterocycles. The molecule has 0 bridgehead atoms. The van der Waals surface area contributed by atoms with Gasteiger partial charge >= 0.3 is 0 Å². The summed E-state index contributed by atoms with van der Waals surface area (Å²) in [6.07, 6.45) is 2.94. The van der Waals surface area contributed by atoms with Gasteiger partial charge in [-0.05, 0) is 25.1 Å². The molecule has 1 heterocycles. The van der Waals surface area contributed by atoms with Crippen LogP contribution in [-0.4, -0.2) is 25.5 Å². The van der Waals surface area contributed by atoms with Crippen molar-refractivity contribution in [2.75, 3.05) is 18.5 Å². The molecule has 0 fully saturated rings. The maximum Gasteiger partial charge on any atom is 0.254 e. The Morgan fingerprint density at radius 1 is 1.32 bits per heavy atom. The lowest BCUT2D eigenvalue weighted by Gasteiger charge is -2.27. The average Bonchev–Trinajstić information content (AvgIpc) is 2.98. The second-order valence-corrected chi connectivity index (χ2v) is 4.52. The van der Waals surface area contributed by atoms with Crippen molar-refractivity contribution in [3.8, 4) is 0 Å². The molecule has 0 radical (unpaired) electrons. The van der Waals surface area contributed by atoms with Gasteiger partial charge in [-0.3, -0.25) is 4.79 Å². The minimum atomic E-state index is -0.109. The van der Waals surface area contributed by atoms with E-state index in [1.807, 2.05) is 37.4 Å². The quantitative estimate of drug-likeness (QED) is 0.896. The van der Waals surface area contributed by atoms with Crippen LogP contribution < -0.4 is 10.2 Å². The van der Waals surface area contributed by atoms with Crippen LogP contribution in [-0.2, 0) is 0 Å². The molecule has 0 aliphatic rings. The number of carbonyl (C=O) groups is 1. The van der Waals surface area contributed by atoms with Crippen LogP contribution in [0.1, 0.15) is 17.3 Å². The topological polar surface area (TPSA) is 45.5 Å². The molecule has 1 atom stereocenters. The predicted molar refractivity (Wildman–Crippen MR) is 75.3 cm³/mol. The van der Waals surface area contributed by atoms with E-state index in [0.717, 1.165) is 5.69 Å². The Morgan fingerprint density at radius 2 is 2.05 bits per heavy atom. The number of hydrogen-bond acceptors (Lipinski definition) is 3. The zero-order valence-electron chi connectivity index (χ0n) is 11.2. The standard InChI is InChI=1S/C15H18N2O2/c1-12(17(2)14-6-4-3-5-7-14)10-16-15(18)13-8-9-19-11-13/h3-9,11-12H,10H2,1-2H3,(H,16,18). The molecule has 2 aromatic rings. The molecule has 0 saturated heterocycles. The molecule has 100 valence electrons. The van der Waals surface area contributed by atoms with Gasteiger partial charge in [0.2, 0.25) is 0 Å². The fourth-order valence-electron chi connectivity index (χ4n) is 1.79. The Labute approximate surface area is 113 Å². The van der Waals surface area contributed by atoms with E-state index < -0.39 is 0 Å². The van der Waals surface area contributed by atoms with Crippen LogP contribution >= 0.6 is 0 Å². The molecule has 4 nitrogen and oxygen atoms in total. The molecule has 2 rings (SSSR count). The molecule has 1 N–H and O–H groups in total. The average molecular weight is 258 g/mol. The van der Waals surface area contributed by atoms with Crippen molar-refractivity contribution in [2.24, 2.45) is 0 Å². The summed E-state index contributed by atoms with van der Waals surface area (Å²) in [7, 11) is 2.02. The van der Waals surface area contributed by atoms with Gasteiger partial charge in [-0.1, -0.05) is 18.2 Å². The summed E-state index contributed by atoms with van der Waals surface area (Å²) >= 11 is 0. The molecule has 1 aromatic carbocycles. The zero-order valence-corrected chi connectivity index (χ0v) is 11.2. The van der Waals surface area contributed by atoms with Crippen molar-refractivity contribution < 1.29 is 9.21 Å². The van der Waals surface area contributed by atoms with Gasteiger partial charge in [0, 0.05) is 25.3 Å². The lowest BCUT2D eigenvalue weighted by atomic mass is 10.2. The highest BCUT2D eigenvalue weighted by Gasteiger charge is 2.12. The third-order valence-electron chi connectivity index (χ3n) is 3.17. The number of hydrogen-bond donors (Lipinski definition) is 1. The Morgan fingerprint density at radius 3 is 2.68 bits per heavy atom. The van der Waals surface area contributed by atoms with E-state index in [2.05, 4.69) is 17.1 Å². The molecule has 0 aliphatic carbocycles. The summed E-state index contributed by atoms with van der Waals surface area (Å²) in [6.45, 7) is 2.65. The van der Waals surface area contributed by atoms with Crippen molar-refractivity contribution in [2.45, 2.75) is 13.0 Å². The number of likely N-dealkylation sites (N-methyl/N-ethyl adjacent to an activating group) is 1. The van der Waals surface area contributed by atoms with Gasteiger partial charge in [0.05, 0.1) is 11.8 Å². The number of nitrogens with one attached hydrogen (secondary N) is 1. The van der Waals surface area contributed by atoms with Crippen LogP contribution in [0.3, 0.4) is 0 Å². The first-order chi connectivity index (χ1) is 9.18. The zero-order chi connectivity index (χ0) is 13.7. The van der Waals surface area contributed by atoms with Gasteiger partial charge in [0.1, 0.15) is 6.26 Å². The Bertz CT molecular complexity index is 508. The third kappa shape index (κ3) is 3.37. The van der Waals surface area contributed by atoms with E-state index in [0.29, 0.717) is 12.1 Å². The first-order valence-electron chi connectivity index (χ1n) is 6.27. The van der Waals surface area contributed by atoms with E-state index in [9.17, 15) is 4.79 Å². The highest BCUT2D eigenvalue weighted by atomic mass is 16.3. The number of furan rings is 1. The van der Waals surface area contributed by atoms with Gasteiger partial charge < -0.3 is 14.6 Å². The lowest BCUT2D eigenvalue weighted by molar-refractivity contribution is 0.0951. The first kappa shape index (κ1) is 13.2. The number of anilines is 1. The molecule has 1 amide bonds. The third-order valence-corrected chi connectivity index (χ3v) is 3.17. The maximum atomic E-state index is 11.8. The number of nitrogens with zero attached hydrogens (tertiary/aromatic N) is 1. The second kappa shape index (κ2) is 6.09. The molecule has 0 saturated carbocycles. The molecule has 1 unspecified atom stereocenters. The van der Waals surface area contributed by atoms with E-state index in [1.54, 1.807) is 6.07 Å².